The predicted octanol–water partition coefficient (Wildman–Crippen LogP) is 2.38. The molecule has 144 valence electrons. The van der Waals surface area contributed by atoms with Gasteiger partial charge in [0, 0.05) is 5.69 Å². The van der Waals surface area contributed by atoms with Crippen LogP contribution in [-0.2, 0) is 16.1 Å². The molecular formula is C19H15F2N3O4. The number of aromatic nitrogens is 2. The lowest BCUT2D eigenvalue weighted by molar-refractivity contribution is -0.144. The quantitative estimate of drug-likeness (QED) is 0.655. The average Bonchev–Trinajstić information content (AvgIpc) is 2.66. The van der Waals surface area contributed by atoms with Gasteiger partial charge in [-0.3, -0.25) is 19.0 Å². The van der Waals surface area contributed by atoms with Crippen LogP contribution in [0.5, 0.6) is 0 Å². The fourth-order valence-electron chi connectivity index (χ4n) is 2.55. The van der Waals surface area contributed by atoms with E-state index < -0.39 is 35.0 Å². The van der Waals surface area contributed by atoms with Crippen molar-refractivity contribution in [3.05, 3.63) is 70.3 Å². The van der Waals surface area contributed by atoms with Crippen LogP contribution in [0, 0.1) is 17.6 Å². The van der Waals surface area contributed by atoms with E-state index in [4.69, 9.17) is 5.11 Å². The van der Waals surface area contributed by atoms with Crippen LogP contribution in [0.4, 0.5) is 14.5 Å². The van der Waals surface area contributed by atoms with Gasteiger partial charge in [0.2, 0.25) is 5.91 Å². The van der Waals surface area contributed by atoms with Crippen molar-refractivity contribution < 1.29 is 23.5 Å². The molecule has 0 saturated carbocycles. The molecule has 0 aliphatic heterocycles. The number of hydrogen-bond donors (Lipinski definition) is 2. The molecule has 7 nitrogen and oxygen atoms in total. The zero-order valence-electron chi connectivity index (χ0n) is 14.6. The van der Waals surface area contributed by atoms with Gasteiger partial charge < -0.3 is 10.4 Å². The molecular weight excluding hydrogens is 372 g/mol. The van der Waals surface area contributed by atoms with Crippen LogP contribution in [0.2, 0.25) is 0 Å². The van der Waals surface area contributed by atoms with E-state index in [-0.39, 0.29) is 11.9 Å². The number of benzene rings is 2. The number of carboxylic acid groups (broad SMARTS) is 1. The third-order valence-corrected chi connectivity index (χ3v) is 4.19. The van der Waals surface area contributed by atoms with Crippen LogP contribution >= 0.6 is 0 Å². The van der Waals surface area contributed by atoms with E-state index >= 15 is 0 Å². The summed E-state index contributed by atoms with van der Waals surface area (Å²) in [7, 11) is 0. The Balaban J connectivity index is 1.88. The zero-order chi connectivity index (χ0) is 20.4. The molecule has 0 fully saturated rings. The van der Waals surface area contributed by atoms with Crippen LogP contribution in [-0.4, -0.2) is 26.5 Å². The summed E-state index contributed by atoms with van der Waals surface area (Å²) in [6.45, 7) is 1.27. The molecule has 0 spiro atoms. The van der Waals surface area contributed by atoms with Gasteiger partial charge >= 0.3 is 5.97 Å². The SMILES string of the molecule is CC(C(=O)O)C(=O)Nc1ccc2c(=O)n(Cc3ccc(F)c(F)c3)cnc2c1. The average molecular weight is 387 g/mol. The molecule has 9 heteroatoms. The Morgan fingerprint density at radius 2 is 1.93 bits per heavy atom. The number of carboxylic acids is 1. The maximum atomic E-state index is 13.3. The van der Waals surface area contributed by atoms with E-state index in [0.717, 1.165) is 12.1 Å². The van der Waals surface area contributed by atoms with Gasteiger partial charge in [0.05, 0.1) is 23.8 Å². The third-order valence-electron chi connectivity index (χ3n) is 4.19. The molecule has 1 heterocycles. The van der Waals surface area contributed by atoms with Gasteiger partial charge in [-0.1, -0.05) is 6.07 Å². The monoisotopic (exact) mass is 387 g/mol. The second-order valence-corrected chi connectivity index (χ2v) is 6.21. The van der Waals surface area contributed by atoms with Crippen molar-refractivity contribution in [3.8, 4) is 0 Å². The molecule has 0 aliphatic rings. The molecule has 28 heavy (non-hydrogen) atoms. The van der Waals surface area contributed by atoms with Crippen molar-refractivity contribution in [2.24, 2.45) is 5.92 Å². The Hall–Kier alpha value is -3.62. The molecule has 2 aromatic carbocycles. The Kier molecular flexibility index (Phi) is 5.16. The Labute approximate surface area is 157 Å². The number of rotatable bonds is 5. The minimum atomic E-state index is -1.25. The first-order valence-electron chi connectivity index (χ1n) is 8.23. The van der Waals surface area contributed by atoms with Gasteiger partial charge in [0.25, 0.3) is 5.56 Å². The van der Waals surface area contributed by atoms with Crippen LogP contribution in [0.3, 0.4) is 0 Å². The first-order valence-corrected chi connectivity index (χ1v) is 8.23. The molecule has 1 unspecified atom stereocenters. The molecule has 0 aliphatic carbocycles. The minimum Gasteiger partial charge on any atom is -0.481 e. The Morgan fingerprint density at radius 3 is 2.61 bits per heavy atom. The number of fused-ring (bicyclic) bond motifs is 1. The largest absolute Gasteiger partial charge is 0.481 e. The van der Waals surface area contributed by atoms with Gasteiger partial charge in [0.1, 0.15) is 5.92 Å². The van der Waals surface area contributed by atoms with Crippen molar-refractivity contribution in [1.29, 1.82) is 0 Å². The van der Waals surface area contributed by atoms with Gasteiger partial charge in [-0.2, -0.15) is 0 Å². The highest BCUT2D eigenvalue weighted by atomic mass is 19.2. The maximum absolute atomic E-state index is 13.3. The highest BCUT2D eigenvalue weighted by Gasteiger charge is 2.20. The second-order valence-electron chi connectivity index (χ2n) is 6.21. The van der Waals surface area contributed by atoms with Crippen molar-refractivity contribution in [3.63, 3.8) is 0 Å². The first kappa shape index (κ1) is 19.2. The lowest BCUT2D eigenvalue weighted by Crippen LogP contribution is -2.27. The van der Waals surface area contributed by atoms with E-state index in [0.29, 0.717) is 16.8 Å². The van der Waals surface area contributed by atoms with Gasteiger partial charge in [-0.05, 0) is 42.8 Å². The summed E-state index contributed by atoms with van der Waals surface area (Å²) in [5.74, 6) is -5.15. The minimum absolute atomic E-state index is 0.00753. The second kappa shape index (κ2) is 7.55. The number of halogens is 2. The zero-order valence-corrected chi connectivity index (χ0v) is 14.6. The van der Waals surface area contributed by atoms with E-state index in [2.05, 4.69) is 10.3 Å². The molecule has 1 atom stereocenters. The fraction of sp³-hybridized carbons (Fsp3) is 0.158. The van der Waals surface area contributed by atoms with Gasteiger partial charge in [0.15, 0.2) is 11.6 Å². The van der Waals surface area contributed by atoms with Gasteiger partial charge in [-0.25, -0.2) is 13.8 Å². The lowest BCUT2D eigenvalue weighted by atomic mass is 10.1. The number of carbonyl (C=O) groups excluding carboxylic acids is 1. The summed E-state index contributed by atoms with van der Waals surface area (Å²) in [6.07, 6.45) is 1.26. The fourth-order valence-corrected chi connectivity index (χ4v) is 2.55. The summed E-state index contributed by atoms with van der Waals surface area (Å²) >= 11 is 0. The van der Waals surface area contributed by atoms with Crippen LogP contribution in [0.25, 0.3) is 10.9 Å². The van der Waals surface area contributed by atoms with Crippen molar-refractivity contribution in [2.75, 3.05) is 5.32 Å². The highest BCUT2D eigenvalue weighted by molar-refractivity contribution is 6.04. The van der Waals surface area contributed by atoms with E-state index in [1.807, 2.05) is 0 Å². The van der Waals surface area contributed by atoms with Gasteiger partial charge in [-0.15, -0.1) is 0 Å². The highest BCUT2D eigenvalue weighted by Crippen LogP contribution is 2.16. The van der Waals surface area contributed by atoms with Crippen molar-refractivity contribution >= 4 is 28.5 Å². The summed E-state index contributed by atoms with van der Waals surface area (Å²) in [4.78, 5) is 39.4. The standard InChI is InChI=1S/C19H15F2N3O4/c1-10(19(27)28)17(25)23-12-3-4-13-16(7-12)22-9-24(18(13)26)8-11-2-5-14(20)15(21)6-11/h2-7,9-10H,8H2,1H3,(H,23,25)(H,27,28). The van der Waals surface area contributed by atoms with E-state index in [1.165, 1.54) is 42.1 Å². The third kappa shape index (κ3) is 3.88. The normalized spacial score (nSPS) is 12.0. The number of nitrogens with one attached hydrogen (secondary N) is 1. The van der Waals surface area contributed by atoms with Crippen molar-refractivity contribution in [2.45, 2.75) is 13.5 Å². The Morgan fingerprint density at radius 1 is 1.18 bits per heavy atom. The molecule has 2 N–H and O–H groups in total. The number of anilines is 1. The maximum Gasteiger partial charge on any atom is 0.315 e. The van der Waals surface area contributed by atoms with E-state index in [1.54, 1.807) is 0 Å². The van der Waals surface area contributed by atoms with Crippen molar-refractivity contribution in [1.82, 2.24) is 9.55 Å². The van der Waals surface area contributed by atoms with Crippen LogP contribution < -0.4 is 10.9 Å². The number of carbonyl (C=O) groups is 2. The number of amides is 1. The van der Waals surface area contributed by atoms with Crippen LogP contribution in [0.15, 0.2) is 47.5 Å². The molecule has 0 saturated heterocycles. The summed E-state index contributed by atoms with van der Waals surface area (Å²) < 4.78 is 27.6. The summed E-state index contributed by atoms with van der Waals surface area (Å²) in [6, 6.07) is 7.72. The summed E-state index contributed by atoms with van der Waals surface area (Å²) in [5, 5.41) is 11.6. The van der Waals surface area contributed by atoms with Crippen LogP contribution in [0.1, 0.15) is 12.5 Å². The molecule has 3 aromatic rings. The molecule has 0 bridgehead atoms. The Bertz CT molecular complexity index is 1140. The van der Waals surface area contributed by atoms with E-state index in [9.17, 15) is 23.2 Å². The first-order chi connectivity index (χ1) is 13.3. The predicted molar refractivity (Wildman–Crippen MR) is 96.9 cm³/mol. The molecule has 0 radical (unpaired) electrons. The molecule has 1 amide bonds. The summed E-state index contributed by atoms with van der Waals surface area (Å²) in [5.41, 5.74) is 0.600. The number of nitrogens with zero attached hydrogens (tertiary/aromatic N) is 2. The number of hydrogen-bond acceptors (Lipinski definition) is 4. The lowest BCUT2D eigenvalue weighted by Gasteiger charge is -2.10. The smallest absolute Gasteiger partial charge is 0.315 e. The number of aliphatic carboxylic acids is 1. The molecule has 3 rings (SSSR count). The topological polar surface area (TPSA) is 101 Å². The molecule has 1 aromatic heterocycles.